The Bertz CT molecular complexity index is 1420. The molecule has 13 nitrogen and oxygen atoms in total. The van der Waals surface area contributed by atoms with Gasteiger partial charge in [-0.2, -0.15) is 4.31 Å². The summed E-state index contributed by atoms with van der Waals surface area (Å²) in [6, 6.07) is 6.95. The number of aromatic nitrogens is 1. The van der Waals surface area contributed by atoms with Gasteiger partial charge < -0.3 is 25.6 Å². The molecule has 15 heteroatoms. The Morgan fingerprint density at radius 2 is 1.82 bits per heavy atom. The summed E-state index contributed by atoms with van der Waals surface area (Å²) in [5.41, 5.74) is 0.417. The van der Waals surface area contributed by atoms with Crippen molar-refractivity contribution in [1.82, 2.24) is 24.8 Å². The Labute approximate surface area is 262 Å². The van der Waals surface area contributed by atoms with Gasteiger partial charge in [0.05, 0.1) is 10.8 Å². The van der Waals surface area contributed by atoms with Crippen molar-refractivity contribution < 1.29 is 32.4 Å². The Morgan fingerprint density at radius 1 is 1.16 bits per heavy atom. The minimum Gasteiger partial charge on any atom is -0.458 e. The first-order valence-corrected chi connectivity index (χ1v) is 17.1. The third-order valence-corrected chi connectivity index (χ3v) is 11.1. The van der Waals surface area contributed by atoms with E-state index in [0.717, 1.165) is 23.6 Å². The Morgan fingerprint density at radius 3 is 2.41 bits per heavy atom. The van der Waals surface area contributed by atoms with Crippen LogP contribution in [-0.4, -0.2) is 99.9 Å². The van der Waals surface area contributed by atoms with Gasteiger partial charge in [-0.3, -0.25) is 18.9 Å². The van der Waals surface area contributed by atoms with Crippen molar-refractivity contribution in [3.63, 3.8) is 0 Å². The van der Waals surface area contributed by atoms with Crippen molar-refractivity contribution in [3.05, 3.63) is 54.4 Å². The lowest BCUT2D eigenvalue weighted by Crippen LogP contribution is -2.62. The van der Waals surface area contributed by atoms with Crippen LogP contribution in [-0.2, 0) is 30.6 Å². The average Bonchev–Trinajstić information content (AvgIpc) is 3.29. The highest BCUT2D eigenvalue weighted by atomic mass is 32.3. The number of hydrogen-bond donors (Lipinski definition) is 5. The molecule has 2 saturated heterocycles. The topological polar surface area (TPSA) is 173 Å². The van der Waals surface area contributed by atoms with Crippen molar-refractivity contribution >= 4 is 45.2 Å². The lowest BCUT2D eigenvalue weighted by molar-refractivity contribution is -0.158. The van der Waals surface area contributed by atoms with Gasteiger partial charge in [0, 0.05) is 55.4 Å². The molecule has 5 N–H and O–H groups in total. The number of benzene rings is 1. The van der Waals surface area contributed by atoms with Crippen LogP contribution in [0.4, 0.5) is 10.5 Å². The first-order valence-electron chi connectivity index (χ1n) is 14.3. The number of hydrogen-bond acceptors (Lipinski definition) is 8. The van der Waals surface area contributed by atoms with Crippen LogP contribution in [0.3, 0.4) is 0 Å². The second-order valence-corrected chi connectivity index (χ2v) is 16.6. The summed E-state index contributed by atoms with van der Waals surface area (Å²) in [5, 5.41) is 8.81. The first-order chi connectivity index (χ1) is 20.5. The fourth-order valence-corrected chi connectivity index (χ4v) is 8.56. The highest BCUT2D eigenvalue weighted by molar-refractivity contribution is 8.09. The van der Waals surface area contributed by atoms with E-state index in [1.807, 2.05) is 0 Å². The van der Waals surface area contributed by atoms with Gasteiger partial charge in [-0.1, -0.05) is 12.1 Å². The molecule has 0 radical (unpaired) electrons. The van der Waals surface area contributed by atoms with E-state index >= 15 is 0 Å². The number of nitrogens with zero attached hydrogens (tertiary/aromatic N) is 3. The van der Waals surface area contributed by atoms with E-state index in [4.69, 9.17) is 4.74 Å². The third kappa shape index (κ3) is 7.95. The minimum atomic E-state index is -5.69. The Kier molecular flexibility index (Phi) is 9.78. The molecule has 44 heavy (non-hydrogen) atoms. The molecular weight excluding hydrogens is 608 g/mol. The number of carbonyl (C=O) groups excluding carboxylic acids is 3. The van der Waals surface area contributed by atoms with Crippen LogP contribution in [0.5, 0.6) is 0 Å². The molecule has 0 unspecified atom stereocenters. The first kappa shape index (κ1) is 33.8. The number of nitrogens with one attached hydrogen (secondary N) is 3. The van der Waals surface area contributed by atoms with Gasteiger partial charge in [-0.15, -0.1) is 11.8 Å². The quantitative estimate of drug-likeness (QED) is 0.268. The van der Waals surface area contributed by atoms with Gasteiger partial charge in [-0.25, -0.2) is 13.8 Å². The van der Waals surface area contributed by atoms with Crippen LogP contribution in [0.1, 0.15) is 40.2 Å². The maximum atomic E-state index is 13.9. The van der Waals surface area contributed by atoms with Crippen LogP contribution in [0, 0.1) is 0 Å². The molecular formula is C29H42N6O7S2. The van der Waals surface area contributed by atoms with E-state index in [1.54, 1.807) is 63.8 Å². The number of carbonyl (C=O) groups is 3. The van der Waals surface area contributed by atoms with Crippen molar-refractivity contribution in [2.24, 2.45) is 0 Å². The molecule has 4 rings (SSSR count). The lowest BCUT2D eigenvalue weighted by atomic mass is 10.0. The maximum absolute atomic E-state index is 13.9. The average molecular weight is 651 g/mol. The molecule has 0 spiro atoms. The molecule has 0 aliphatic carbocycles. The van der Waals surface area contributed by atoms with Crippen molar-refractivity contribution in [1.29, 1.82) is 0 Å². The van der Waals surface area contributed by atoms with Crippen molar-refractivity contribution in [3.8, 4) is 0 Å². The van der Waals surface area contributed by atoms with Crippen molar-refractivity contribution in [2.75, 3.05) is 37.4 Å². The number of rotatable bonds is 8. The van der Waals surface area contributed by atoms with Gasteiger partial charge in [0.1, 0.15) is 17.7 Å². The lowest BCUT2D eigenvalue weighted by Gasteiger charge is -2.43. The van der Waals surface area contributed by atoms with Gasteiger partial charge in [0.2, 0.25) is 5.91 Å². The summed E-state index contributed by atoms with van der Waals surface area (Å²) in [6.07, 6.45) is 2.53. The summed E-state index contributed by atoms with van der Waals surface area (Å²) in [5.74, 6) is -1.53. The zero-order valence-electron chi connectivity index (χ0n) is 25.6. The summed E-state index contributed by atoms with van der Waals surface area (Å²) in [6.45, 7) is 11.3. The predicted molar refractivity (Wildman–Crippen MR) is 169 cm³/mol. The summed E-state index contributed by atoms with van der Waals surface area (Å²) in [7, 11) is -5.69. The predicted octanol–water partition coefficient (Wildman–Crippen LogP) is 2.78. The third-order valence-electron chi connectivity index (χ3n) is 7.29. The monoisotopic (exact) mass is 650 g/mol. The molecule has 3 heterocycles. The van der Waals surface area contributed by atoms with Gasteiger partial charge in [-0.05, 0) is 64.4 Å². The normalized spacial score (nSPS) is 20.7. The molecule has 1 aromatic carbocycles. The standard InChI is InChI=1S/C29H42N6O7S2/c1-28(2,3)42-26(37)23(17-20-8-10-21(11-9-20)32-27(38)34-15-13-30-14-16-34)33-25(36)24-29(4,5)43-19-35(24)44(39,40,41)22-7-6-12-31-18-22/h6-12,18,23-24,30H,13-17,19H2,1-5H3,(H,32,38)(H,33,36)(H2,39,40,41)/t23-,24+/m0/s1. The van der Waals surface area contributed by atoms with E-state index in [1.165, 1.54) is 30.1 Å². The van der Waals surface area contributed by atoms with Crippen LogP contribution in [0.15, 0.2) is 53.7 Å². The van der Waals surface area contributed by atoms with Gasteiger partial charge >= 0.3 is 12.0 Å². The number of ether oxygens (including phenoxy) is 1. The van der Waals surface area contributed by atoms with Crippen LogP contribution in [0.2, 0.25) is 0 Å². The van der Waals surface area contributed by atoms with Crippen LogP contribution < -0.4 is 16.0 Å². The molecule has 2 aromatic rings. The molecule has 0 bridgehead atoms. The molecule has 2 atom stereocenters. The zero-order chi connectivity index (χ0) is 32.4. The Balaban J connectivity index is 1.55. The molecule has 1 aromatic heterocycles. The second kappa shape index (κ2) is 12.7. The molecule has 2 fully saturated rings. The Hall–Kier alpha value is -3.08. The zero-order valence-corrected chi connectivity index (χ0v) is 27.2. The van der Waals surface area contributed by atoms with E-state index in [0.29, 0.717) is 24.3 Å². The van der Waals surface area contributed by atoms with Crippen LogP contribution >= 0.6 is 11.8 Å². The molecule has 2 aliphatic rings. The molecule has 3 amide bonds. The van der Waals surface area contributed by atoms with E-state index < -0.39 is 44.1 Å². The van der Waals surface area contributed by atoms with E-state index in [9.17, 15) is 27.7 Å². The summed E-state index contributed by atoms with van der Waals surface area (Å²) in [4.78, 5) is 45.1. The number of pyridine rings is 1. The molecule has 0 saturated carbocycles. The van der Waals surface area contributed by atoms with Gasteiger partial charge in [0.15, 0.2) is 9.81 Å². The van der Waals surface area contributed by atoms with Crippen molar-refractivity contribution in [2.45, 2.75) is 68.4 Å². The minimum absolute atomic E-state index is 0.0486. The summed E-state index contributed by atoms with van der Waals surface area (Å²) < 4.78 is 41.7. The highest BCUT2D eigenvalue weighted by Crippen LogP contribution is 2.47. The smallest absolute Gasteiger partial charge is 0.329 e. The fourth-order valence-electron chi connectivity index (χ4n) is 5.00. The van der Waals surface area contributed by atoms with E-state index in [-0.39, 0.29) is 23.2 Å². The second-order valence-electron chi connectivity index (χ2n) is 12.4. The fraction of sp³-hybridized carbons (Fsp3) is 0.517. The molecule has 242 valence electrons. The number of piperazine rings is 1. The van der Waals surface area contributed by atoms with Crippen LogP contribution in [0.25, 0.3) is 0 Å². The largest absolute Gasteiger partial charge is 0.458 e. The van der Waals surface area contributed by atoms with E-state index in [2.05, 4.69) is 20.9 Å². The SMILES string of the molecule is CC(C)(C)OC(=O)[C@H](Cc1ccc(NC(=O)N2CCNCC2)cc1)NC(=O)[C@H]1N(S(=O)(O)(O)c2cccnc2)CSC1(C)C. The number of anilines is 1. The number of thioether (sulfide) groups is 1. The number of urea groups is 1. The highest BCUT2D eigenvalue weighted by Gasteiger charge is 2.57. The number of esters is 1. The molecule has 2 aliphatic heterocycles. The summed E-state index contributed by atoms with van der Waals surface area (Å²) >= 11 is 1.22. The maximum Gasteiger partial charge on any atom is 0.329 e. The number of amides is 3. The van der Waals surface area contributed by atoms with Gasteiger partial charge in [0.25, 0.3) is 0 Å².